The molecule has 0 bridgehead atoms. The van der Waals surface area contributed by atoms with Crippen molar-refractivity contribution in [2.24, 2.45) is 5.92 Å². The van der Waals surface area contributed by atoms with Gasteiger partial charge in [-0.3, -0.25) is 9.89 Å². The number of hydrogen-bond donors (Lipinski definition) is 1. The number of carbonyl (C=O) groups is 2. The molecule has 1 N–H and O–H groups in total. The van der Waals surface area contributed by atoms with Gasteiger partial charge in [-0.25, -0.2) is 4.79 Å². The zero-order valence-corrected chi connectivity index (χ0v) is 12.8. The van der Waals surface area contributed by atoms with E-state index in [0.717, 1.165) is 25.8 Å². The predicted octanol–water partition coefficient (Wildman–Crippen LogP) is 1.99. The Bertz CT molecular complexity index is 484. The lowest BCUT2D eigenvalue weighted by Crippen LogP contribution is -2.49. The van der Waals surface area contributed by atoms with Crippen LogP contribution in [0.2, 0.25) is 0 Å². The number of nitrogens with one attached hydrogen (secondary N) is 1. The van der Waals surface area contributed by atoms with Crippen LogP contribution >= 0.6 is 0 Å². The molecule has 1 aliphatic rings. The first kappa shape index (κ1) is 15.5. The van der Waals surface area contributed by atoms with E-state index < -0.39 is 12.1 Å². The van der Waals surface area contributed by atoms with E-state index in [1.165, 1.54) is 12.3 Å². The number of hydrogen-bond acceptors (Lipinski definition) is 4. The van der Waals surface area contributed by atoms with Crippen molar-refractivity contribution in [2.45, 2.75) is 52.2 Å². The fourth-order valence-corrected chi connectivity index (χ4v) is 2.61. The molecule has 1 aromatic rings. The van der Waals surface area contributed by atoms with Gasteiger partial charge < -0.3 is 9.64 Å². The van der Waals surface area contributed by atoms with Crippen LogP contribution in [-0.4, -0.2) is 45.7 Å². The van der Waals surface area contributed by atoms with Gasteiger partial charge in [0.15, 0.2) is 6.10 Å². The summed E-state index contributed by atoms with van der Waals surface area (Å²) in [6.45, 7) is 6.56. The van der Waals surface area contributed by atoms with Crippen LogP contribution in [0.5, 0.6) is 0 Å². The lowest BCUT2D eigenvalue weighted by atomic mass is 10.00. The second-order valence-corrected chi connectivity index (χ2v) is 5.92. The van der Waals surface area contributed by atoms with Gasteiger partial charge in [0.05, 0.1) is 0 Å². The lowest BCUT2D eigenvalue weighted by Gasteiger charge is -2.36. The summed E-state index contributed by atoms with van der Waals surface area (Å²) in [4.78, 5) is 26.5. The monoisotopic (exact) mass is 293 g/mol. The van der Waals surface area contributed by atoms with Gasteiger partial charge in [-0.1, -0.05) is 13.8 Å². The van der Waals surface area contributed by atoms with E-state index >= 15 is 0 Å². The average Bonchev–Trinajstić information content (AvgIpc) is 2.98. The summed E-state index contributed by atoms with van der Waals surface area (Å²) in [5, 5.41) is 6.28. The summed E-state index contributed by atoms with van der Waals surface area (Å²) in [7, 11) is 0. The minimum absolute atomic E-state index is 0.0708. The maximum Gasteiger partial charge on any atom is 0.357 e. The number of esters is 1. The zero-order chi connectivity index (χ0) is 15.4. The quantitative estimate of drug-likeness (QED) is 0.861. The van der Waals surface area contributed by atoms with Gasteiger partial charge in [0.25, 0.3) is 5.91 Å². The molecule has 2 heterocycles. The highest BCUT2D eigenvalue weighted by Gasteiger charge is 2.34. The van der Waals surface area contributed by atoms with E-state index in [1.807, 2.05) is 25.7 Å². The molecule has 0 aromatic carbocycles. The first-order valence-electron chi connectivity index (χ1n) is 7.51. The van der Waals surface area contributed by atoms with Crippen molar-refractivity contribution >= 4 is 11.9 Å². The van der Waals surface area contributed by atoms with Gasteiger partial charge in [-0.05, 0) is 38.2 Å². The summed E-state index contributed by atoms with van der Waals surface area (Å²) < 4.78 is 5.42. The van der Waals surface area contributed by atoms with Gasteiger partial charge in [-0.15, -0.1) is 0 Å². The minimum atomic E-state index is -0.749. The fraction of sp³-hybridized carbons (Fsp3) is 0.667. The van der Waals surface area contributed by atoms with Crippen molar-refractivity contribution in [3.05, 3.63) is 18.0 Å². The van der Waals surface area contributed by atoms with E-state index in [9.17, 15) is 9.59 Å². The maximum absolute atomic E-state index is 12.7. The third-order valence-electron chi connectivity index (χ3n) is 3.89. The third kappa shape index (κ3) is 3.62. The van der Waals surface area contributed by atoms with Gasteiger partial charge in [0.2, 0.25) is 0 Å². The fourth-order valence-electron chi connectivity index (χ4n) is 2.61. The van der Waals surface area contributed by atoms with Crippen LogP contribution in [0.25, 0.3) is 0 Å². The summed E-state index contributed by atoms with van der Waals surface area (Å²) in [5.41, 5.74) is 0.264. The molecular weight excluding hydrogens is 270 g/mol. The number of likely N-dealkylation sites (tertiary alicyclic amines) is 1. The zero-order valence-electron chi connectivity index (χ0n) is 12.8. The van der Waals surface area contributed by atoms with Crippen LogP contribution in [0.4, 0.5) is 0 Å². The molecule has 1 aliphatic heterocycles. The number of ether oxygens (including phenoxy) is 1. The summed E-state index contributed by atoms with van der Waals surface area (Å²) in [5.74, 6) is -0.701. The highest BCUT2D eigenvalue weighted by atomic mass is 16.5. The Labute approximate surface area is 124 Å². The Morgan fingerprint density at radius 3 is 2.76 bits per heavy atom. The van der Waals surface area contributed by atoms with Gasteiger partial charge in [0, 0.05) is 18.8 Å². The molecule has 0 unspecified atom stereocenters. The summed E-state index contributed by atoms with van der Waals surface area (Å²) in [6, 6.07) is 1.74. The highest BCUT2D eigenvalue weighted by molar-refractivity contribution is 5.90. The van der Waals surface area contributed by atoms with Crippen molar-refractivity contribution in [2.75, 3.05) is 6.54 Å². The number of piperidine rings is 1. The lowest BCUT2D eigenvalue weighted by molar-refractivity contribution is -0.146. The summed E-state index contributed by atoms with van der Waals surface area (Å²) >= 11 is 0. The van der Waals surface area contributed by atoms with E-state index in [-0.39, 0.29) is 23.6 Å². The van der Waals surface area contributed by atoms with Crippen molar-refractivity contribution in [3.8, 4) is 0 Å². The second-order valence-electron chi connectivity index (χ2n) is 5.92. The number of carbonyl (C=O) groups excluding carboxylic acids is 2. The van der Waals surface area contributed by atoms with Crippen molar-refractivity contribution in [1.82, 2.24) is 15.1 Å². The molecule has 1 aromatic heterocycles. The van der Waals surface area contributed by atoms with Crippen molar-refractivity contribution in [1.29, 1.82) is 0 Å². The van der Waals surface area contributed by atoms with E-state index in [4.69, 9.17) is 4.74 Å². The molecule has 1 saturated heterocycles. The predicted molar refractivity (Wildman–Crippen MR) is 77.7 cm³/mol. The van der Waals surface area contributed by atoms with Crippen LogP contribution in [0.1, 0.15) is 50.5 Å². The van der Waals surface area contributed by atoms with Crippen LogP contribution in [0.3, 0.4) is 0 Å². The Morgan fingerprint density at radius 1 is 1.43 bits per heavy atom. The minimum Gasteiger partial charge on any atom is -0.447 e. The average molecular weight is 293 g/mol. The molecule has 6 nitrogen and oxygen atoms in total. The van der Waals surface area contributed by atoms with Crippen molar-refractivity contribution < 1.29 is 14.3 Å². The van der Waals surface area contributed by atoms with Crippen LogP contribution < -0.4 is 0 Å². The molecule has 1 amide bonds. The van der Waals surface area contributed by atoms with Gasteiger partial charge in [0.1, 0.15) is 5.69 Å². The Morgan fingerprint density at radius 2 is 2.19 bits per heavy atom. The van der Waals surface area contributed by atoms with Crippen molar-refractivity contribution in [3.63, 3.8) is 0 Å². The molecular formula is C15H23N3O3. The number of nitrogens with zero attached hydrogens (tertiary/aromatic N) is 2. The molecule has 2 rings (SSSR count). The molecule has 21 heavy (non-hydrogen) atoms. The third-order valence-corrected chi connectivity index (χ3v) is 3.89. The second kappa shape index (κ2) is 6.74. The molecule has 0 saturated carbocycles. The topological polar surface area (TPSA) is 75.3 Å². The Balaban J connectivity index is 2.07. The largest absolute Gasteiger partial charge is 0.447 e. The molecule has 1 fully saturated rings. The number of amides is 1. The van der Waals surface area contributed by atoms with Gasteiger partial charge >= 0.3 is 5.97 Å². The number of H-pyrrole nitrogens is 1. The maximum atomic E-state index is 12.7. The molecule has 0 spiro atoms. The van der Waals surface area contributed by atoms with Crippen LogP contribution in [0, 0.1) is 5.92 Å². The Kier molecular flexibility index (Phi) is 4.98. The SMILES string of the molecule is CC(C)[C@H](OC(=O)c1ccn[nH]1)C(=O)N1CCCC[C@@H]1C. The van der Waals surface area contributed by atoms with E-state index in [0.29, 0.717) is 0 Å². The molecule has 0 aliphatic carbocycles. The summed E-state index contributed by atoms with van der Waals surface area (Å²) in [6.07, 6.45) is 3.89. The Hall–Kier alpha value is -1.85. The highest BCUT2D eigenvalue weighted by Crippen LogP contribution is 2.21. The number of aromatic nitrogens is 2. The smallest absolute Gasteiger partial charge is 0.357 e. The molecule has 0 radical (unpaired) electrons. The van der Waals surface area contributed by atoms with Gasteiger partial charge in [-0.2, -0.15) is 5.10 Å². The van der Waals surface area contributed by atoms with Crippen LogP contribution in [0.15, 0.2) is 12.3 Å². The first-order valence-corrected chi connectivity index (χ1v) is 7.51. The van der Waals surface area contributed by atoms with Crippen LogP contribution in [-0.2, 0) is 9.53 Å². The van der Waals surface area contributed by atoms with E-state index in [2.05, 4.69) is 10.2 Å². The standard InChI is InChI=1S/C15H23N3O3/c1-10(2)13(21-15(20)12-7-8-16-17-12)14(19)18-9-5-4-6-11(18)3/h7-8,10-11,13H,4-6,9H2,1-3H3,(H,16,17)/t11-,13-/m0/s1. The van der Waals surface area contributed by atoms with E-state index in [1.54, 1.807) is 0 Å². The number of aromatic amines is 1. The molecule has 2 atom stereocenters. The first-order chi connectivity index (χ1) is 10.0. The molecule has 116 valence electrons. The number of rotatable bonds is 4. The molecule has 6 heteroatoms. The normalized spacial score (nSPS) is 20.4.